The van der Waals surface area contributed by atoms with Gasteiger partial charge in [-0.2, -0.15) is 10.4 Å². The third kappa shape index (κ3) is 2.81. The summed E-state index contributed by atoms with van der Waals surface area (Å²) in [4.78, 5) is 15.4. The van der Waals surface area contributed by atoms with Gasteiger partial charge in [0.15, 0.2) is 0 Å². The third-order valence-electron chi connectivity index (χ3n) is 3.99. The van der Waals surface area contributed by atoms with Crippen LogP contribution in [-0.4, -0.2) is 26.3 Å². The highest BCUT2D eigenvalue weighted by Crippen LogP contribution is 2.33. The Morgan fingerprint density at radius 1 is 1.28 bits per heavy atom. The number of nitrogen functional groups attached to an aromatic ring is 1. The number of H-pyrrole nitrogens is 1. The highest BCUT2D eigenvalue weighted by molar-refractivity contribution is 5.89. The number of benzene rings is 1. The number of pyridine rings is 1. The number of hydrogen-bond acceptors (Lipinski definition) is 5. The van der Waals surface area contributed by atoms with Gasteiger partial charge in [0, 0.05) is 16.8 Å². The number of hydrogen-bond donors (Lipinski definition) is 3. The van der Waals surface area contributed by atoms with Crippen LogP contribution in [0.2, 0.25) is 0 Å². The molecule has 4 N–H and O–H groups in total. The Morgan fingerprint density at radius 3 is 2.48 bits per heavy atom. The van der Waals surface area contributed by atoms with Crippen molar-refractivity contribution in [3.8, 4) is 28.5 Å². The van der Waals surface area contributed by atoms with Crippen LogP contribution in [0.15, 0.2) is 30.3 Å². The van der Waals surface area contributed by atoms with Gasteiger partial charge in [-0.15, -0.1) is 0 Å². The molecule has 0 aliphatic carbocycles. The van der Waals surface area contributed by atoms with Gasteiger partial charge in [0.2, 0.25) is 0 Å². The molecular weight excluding hydrogens is 318 g/mol. The molecule has 0 aliphatic heterocycles. The van der Waals surface area contributed by atoms with Crippen LogP contribution in [0.3, 0.4) is 0 Å². The summed E-state index contributed by atoms with van der Waals surface area (Å²) in [5.74, 6) is -0.885. The Bertz CT molecular complexity index is 994. The first-order chi connectivity index (χ1) is 11.9. The number of nitrogens with two attached hydrogens (primary N) is 1. The van der Waals surface area contributed by atoms with Gasteiger partial charge in [0.1, 0.15) is 17.5 Å². The average molecular weight is 333 g/mol. The molecule has 25 heavy (non-hydrogen) atoms. The van der Waals surface area contributed by atoms with Crippen LogP contribution in [0.5, 0.6) is 0 Å². The molecule has 0 aliphatic rings. The summed E-state index contributed by atoms with van der Waals surface area (Å²) in [7, 11) is 0. The smallest absolute Gasteiger partial charge is 0.335 e. The Balaban J connectivity index is 2.22. The van der Waals surface area contributed by atoms with Crippen molar-refractivity contribution < 1.29 is 9.90 Å². The number of rotatable bonds is 3. The first-order valence-corrected chi connectivity index (χ1v) is 7.48. The van der Waals surface area contributed by atoms with Crippen molar-refractivity contribution in [1.82, 2.24) is 15.2 Å². The monoisotopic (exact) mass is 333 g/mol. The van der Waals surface area contributed by atoms with E-state index in [-0.39, 0.29) is 16.9 Å². The average Bonchev–Trinajstić information content (AvgIpc) is 2.93. The second kappa shape index (κ2) is 6.09. The number of aromatic carboxylic acids is 1. The second-order valence-corrected chi connectivity index (χ2v) is 5.62. The number of aromatic nitrogens is 3. The van der Waals surface area contributed by atoms with Crippen LogP contribution in [0.25, 0.3) is 22.4 Å². The molecular formula is C18H15N5O2. The number of carboxylic acid groups (broad SMARTS) is 1. The van der Waals surface area contributed by atoms with Gasteiger partial charge >= 0.3 is 5.97 Å². The first kappa shape index (κ1) is 16.2. The largest absolute Gasteiger partial charge is 0.478 e. The van der Waals surface area contributed by atoms with E-state index in [1.165, 1.54) is 12.1 Å². The molecule has 0 unspecified atom stereocenters. The topological polar surface area (TPSA) is 129 Å². The number of nitrogens with one attached hydrogen (secondary N) is 1. The van der Waals surface area contributed by atoms with E-state index in [0.717, 1.165) is 17.0 Å². The molecule has 0 saturated heterocycles. The standard InChI is InChI=1S/C18H15N5O2/c1-9-16(10(2)23-22-9)15-7-13(14(8-19)17(20)21-15)11-3-5-12(6-4-11)18(24)25/h3-7H,1-2H3,(H2,20,21)(H,22,23)(H,24,25). The van der Waals surface area contributed by atoms with Gasteiger partial charge in [0.05, 0.1) is 17.0 Å². The summed E-state index contributed by atoms with van der Waals surface area (Å²) in [6, 6.07) is 10.1. The predicted molar refractivity (Wildman–Crippen MR) is 92.8 cm³/mol. The van der Waals surface area contributed by atoms with Crippen molar-refractivity contribution in [3.63, 3.8) is 0 Å². The summed E-state index contributed by atoms with van der Waals surface area (Å²) in [6.45, 7) is 3.74. The molecule has 7 nitrogen and oxygen atoms in total. The number of nitriles is 1. The van der Waals surface area contributed by atoms with E-state index in [0.29, 0.717) is 16.8 Å². The van der Waals surface area contributed by atoms with Crippen LogP contribution >= 0.6 is 0 Å². The number of anilines is 1. The second-order valence-electron chi connectivity index (χ2n) is 5.62. The fourth-order valence-electron chi connectivity index (χ4n) is 2.76. The minimum absolute atomic E-state index is 0.123. The summed E-state index contributed by atoms with van der Waals surface area (Å²) in [5.41, 5.74) is 10.8. The van der Waals surface area contributed by atoms with Gasteiger partial charge in [-0.1, -0.05) is 12.1 Å². The maximum absolute atomic E-state index is 11.0. The van der Waals surface area contributed by atoms with Gasteiger partial charge < -0.3 is 10.8 Å². The number of aryl methyl sites for hydroxylation is 2. The quantitative estimate of drug-likeness (QED) is 0.676. The highest BCUT2D eigenvalue weighted by atomic mass is 16.4. The van der Waals surface area contributed by atoms with Gasteiger partial charge in [-0.3, -0.25) is 5.10 Å². The lowest BCUT2D eigenvalue weighted by Gasteiger charge is -2.10. The molecule has 3 rings (SSSR count). The minimum atomic E-state index is -1.01. The lowest BCUT2D eigenvalue weighted by Crippen LogP contribution is -2.01. The molecule has 2 heterocycles. The Hall–Kier alpha value is -3.66. The lowest BCUT2D eigenvalue weighted by molar-refractivity contribution is 0.0697. The van der Waals surface area contributed by atoms with E-state index >= 15 is 0 Å². The van der Waals surface area contributed by atoms with E-state index in [2.05, 4.69) is 21.3 Å². The van der Waals surface area contributed by atoms with Crippen LogP contribution in [0.4, 0.5) is 5.82 Å². The Morgan fingerprint density at radius 2 is 1.96 bits per heavy atom. The van der Waals surface area contributed by atoms with Crippen LogP contribution < -0.4 is 5.73 Å². The van der Waals surface area contributed by atoms with Gasteiger partial charge in [-0.05, 0) is 37.6 Å². The van der Waals surface area contributed by atoms with E-state index in [9.17, 15) is 10.1 Å². The molecule has 0 radical (unpaired) electrons. The highest BCUT2D eigenvalue weighted by Gasteiger charge is 2.17. The number of nitrogens with zero attached hydrogens (tertiary/aromatic N) is 3. The fraction of sp³-hybridized carbons (Fsp3) is 0.111. The van der Waals surface area contributed by atoms with Crippen LogP contribution in [-0.2, 0) is 0 Å². The summed E-state index contributed by atoms with van der Waals surface area (Å²) in [6.07, 6.45) is 0. The summed E-state index contributed by atoms with van der Waals surface area (Å²) < 4.78 is 0. The molecule has 3 aromatic rings. The SMILES string of the molecule is Cc1n[nH]c(C)c1-c1cc(-c2ccc(C(=O)O)cc2)c(C#N)c(N)n1. The number of aromatic amines is 1. The molecule has 0 fully saturated rings. The van der Waals surface area contributed by atoms with E-state index in [1.54, 1.807) is 18.2 Å². The number of carbonyl (C=O) groups is 1. The molecule has 2 aromatic heterocycles. The first-order valence-electron chi connectivity index (χ1n) is 7.48. The van der Waals surface area contributed by atoms with Crippen molar-refractivity contribution in [1.29, 1.82) is 5.26 Å². The molecule has 0 spiro atoms. The van der Waals surface area contributed by atoms with Gasteiger partial charge in [-0.25, -0.2) is 9.78 Å². The number of carboxylic acids is 1. The van der Waals surface area contributed by atoms with E-state index in [4.69, 9.17) is 10.8 Å². The molecule has 1 aromatic carbocycles. The zero-order chi connectivity index (χ0) is 18.1. The zero-order valence-corrected chi connectivity index (χ0v) is 13.7. The minimum Gasteiger partial charge on any atom is -0.478 e. The zero-order valence-electron chi connectivity index (χ0n) is 13.7. The molecule has 0 amide bonds. The fourth-order valence-corrected chi connectivity index (χ4v) is 2.76. The normalized spacial score (nSPS) is 10.4. The molecule has 0 saturated carbocycles. The predicted octanol–water partition coefficient (Wildman–Crippen LogP) is 2.91. The van der Waals surface area contributed by atoms with Crippen molar-refractivity contribution >= 4 is 11.8 Å². The summed E-state index contributed by atoms with van der Waals surface area (Å²) >= 11 is 0. The maximum Gasteiger partial charge on any atom is 0.335 e. The van der Waals surface area contributed by atoms with Gasteiger partial charge in [0.25, 0.3) is 0 Å². The maximum atomic E-state index is 11.0. The van der Waals surface area contributed by atoms with Crippen molar-refractivity contribution in [3.05, 3.63) is 52.8 Å². The summed E-state index contributed by atoms with van der Waals surface area (Å²) in [5, 5.41) is 25.5. The Labute approximate surface area is 143 Å². The van der Waals surface area contributed by atoms with E-state index < -0.39 is 5.97 Å². The Kier molecular flexibility index (Phi) is 3.95. The van der Waals surface area contributed by atoms with Crippen LogP contribution in [0.1, 0.15) is 27.3 Å². The van der Waals surface area contributed by atoms with Crippen LogP contribution in [0, 0.1) is 25.2 Å². The van der Waals surface area contributed by atoms with Crippen molar-refractivity contribution in [2.75, 3.05) is 5.73 Å². The third-order valence-corrected chi connectivity index (χ3v) is 3.99. The molecule has 0 bridgehead atoms. The van der Waals surface area contributed by atoms with Crippen molar-refractivity contribution in [2.45, 2.75) is 13.8 Å². The molecule has 0 atom stereocenters. The molecule has 7 heteroatoms. The van der Waals surface area contributed by atoms with Crippen molar-refractivity contribution in [2.24, 2.45) is 0 Å². The molecule has 124 valence electrons. The van der Waals surface area contributed by atoms with E-state index in [1.807, 2.05) is 13.8 Å². The lowest BCUT2D eigenvalue weighted by atomic mass is 9.97.